The molecule has 1 rings (SSSR count). The van der Waals surface area contributed by atoms with Gasteiger partial charge in [0.1, 0.15) is 12.4 Å². The molecule has 0 radical (unpaired) electrons. The van der Waals surface area contributed by atoms with Crippen LogP contribution >= 0.6 is 0 Å². The van der Waals surface area contributed by atoms with Crippen LogP contribution in [0.15, 0.2) is 12.4 Å². The number of aromatic nitrogens is 2. The molecule has 1 aromatic heterocycles. The van der Waals surface area contributed by atoms with Gasteiger partial charge in [0.2, 0.25) is 0 Å². The molecule has 0 atom stereocenters. The van der Waals surface area contributed by atoms with Gasteiger partial charge in [0.05, 0.1) is 0 Å². The van der Waals surface area contributed by atoms with Crippen molar-refractivity contribution in [2.45, 2.75) is 26.7 Å². The van der Waals surface area contributed by atoms with Crippen LogP contribution in [0.25, 0.3) is 0 Å². The minimum atomic E-state index is -1.00. The molecule has 0 fully saturated rings. The fourth-order valence-corrected chi connectivity index (χ4v) is 1.82. The summed E-state index contributed by atoms with van der Waals surface area (Å²) in [5, 5.41) is 11.5. The quantitative estimate of drug-likeness (QED) is 0.622. The zero-order valence-electron chi connectivity index (χ0n) is 11.9. The van der Waals surface area contributed by atoms with Crippen molar-refractivity contribution >= 4 is 12.0 Å². The number of carboxylic acid groups (broad SMARTS) is 1. The Bertz CT molecular complexity index is 417. The Balaban J connectivity index is 2.31. The molecule has 20 heavy (non-hydrogen) atoms. The number of carbonyl (C=O) groups excluding carboxylic acids is 1. The Kier molecular flexibility index (Phi) is 6.55. The summed E-state index contributed by atoms with van der Waals surface area (Å²) < 4.78 is 0. The van der Waals surface area contributed by atoms with E-state index in [4.69, 9.17) is 5.11 Å². The predicted octanol–water partition coefficient (Wildman–Crippen LogP) is 1.09. The first-order valence-corrected chi connectivity index (χ1v) is 6.72. The van der Waals surface area contributed by atoms with Gasteiger partial charge in [-0.25, -0.2) is 9.78 Å². The number of nitrogens with zero attached hydrogens (tertiary/aromatic N) is 2. The third kappa shape index (κ3) is 6.21. The molecular weight excluding hydrogens is 260 g/mol. The highest BCUT2D eigenvalue weighted by molar-refractivity contribution is 5.80. The first kappa shape index (κ1) is 16.0. The number of rotatable bonds is 8. The zero-order valence-corrected chi connectivity index (χ0v) is 11.9. The summed E-state index contributed by atoms with van der Waals surface area (Å²) in [5.41, 5.74) is 0. The first-order valence-electron chi connectivity index (χ1n) is 6.72. The lowest BCUT2D eigenvalue weighted by molar-refractivity contribution is -0.137. The van der Waals surface area contributed by atoms with E-state index >= 15 is 0 Å². The van der Waals surface area contributed by atoms with Gasteiger partial charge in [0, 0.05) is 31.9 Å². The third-order valence-electron chi connectivity index (χ3n) is 2.62. The molecule has 7 nitrogen and oxygen atoms in total. The molecule has 0 aliphatic carbocycles. The number of H-pyrrole nitrogens is 1. The number of aliphatic carboxylic acids is 1. The number of hydrogen-bond donors (Lipinski definition) is 3. The average molecular weight is 282 g/mol. The van der Waals surface area contributed by atoms with Crippen molar-refractivity contribution in [2.75, 3.05) is 19.6 Å². The van der Waals surface area contributed by atoms with E-state index in [1.807, 2.05) is 13.8 Å². The number of aryl methyl sites for hydroxylation is 1. The molecule has 0 saturated heterocycles. The molecular formula is C13H22N4O3. The van der Waals surface area contributed by atoms with Crippen molar-refractivity contribution < 1.29 is 14.7 Å². The van der Waals surface area contributed by atoms with Crippen LogP contribution < -0.4 is 5.32 Å². The van der Waals surface area contributed by atoms with Crippen LogP contribution in [0.2, 0.25) is 0 Å². The van der Waals surface area contributed by atoms with E-state index < -0.39 is 5.97 Å². The van der Waals surface area contributed by atoms with Crippen molar-refractivity contribution in [3.8, 4) is 0 Å². The Labute approximate surface area is 118 Å². The smallest absolute Gasteiger partial charge is 0.323 e. The highest BCUT2D eigenvalue weighted by atomic mass is 16.4. The molecule has 112 valence electrons. The van der Waals surface area contributed by atoms with Crippen molar-refractivity contribution in [2.24, 2.45) is 5.92 Å². The standard InChI is InChI=1S/C13H22N4O3/c1-10(2)8-17(9-12(18)19)13(20)16-5-3-4-11-14-6-7-15-11/h6-7,10H,3-5,8-9H2,1-2H3,(H,14,15)(H,16,20)(H,18,19). The Morgan fingerprint density at radius 1 is 1.50 bits per heavy atom. The van der Waals surface area contributed by atoms with E-state index in [0.29, 0.717) is 13.1 Å². The van der Waals surface area contributed by atoms with E-state index in [9.17, 15) is 9.59 Å². The van der Waals surface area contributed by atoms with Crippen LogP contribution in [0.3, 0.4) is 0 Å². The molecule has 0 bridgehead atoms. The summed E-state index contributed by atoms with van der Waals surface area (Å²) in [7, 11) is 0. The van der Waals surface area contributed by atoms with Gasteiger partial charge in [0.15, 0.2) is 0 Å². The number of carboxylic acids is 1. The minimum Gasteiger partial charge on any atom is -0.480 e. The number of hydrogen-bond acceptors (Lipinski definition) is 3. The lowest BCUT2D eigenvalue weighted by Gasteiger charge is -2.23. The molecule has 7 heteroatoms. The number of carbonyl (C=O) groups is 2. The van der Waals surface area contributed by atoms with Gasteiger partial charge in [-0.05, 0) is 12.3 Å². The lowest BCUT2D eigenvalue weighted by atomic mass is 10.2. The van der Waals surface area contributed by atoms with Gasteiger partial charge < -0.3 is 20.3 Å². The van der Waals surface area contributed by atoms with Crippen LogP contribution in [0.1, 0.15) is 26.1 Å². The third-order valence-corrected chi connectivity index (χ3v) is 2.62. The van der Waals surface area contributed by atoms with Gasteiger partial charge in [-0.15, -0.1) is 0 Å². The number of nitrogens with one attached hydrogen (secondary N) is 2. The van der Waals surface area contributed by atoms with Crippen LogP contribution in [0.5, 0.6) is 0 Å². The van der Waals surface area contributed by atoms with Gasteiger partial charge in [0.25, 0.3) is 0 Å². The summed E-state index contributed by atoms with van der Waals surface area (Å²) >= 11 is 0. The predicted molar refractivity (Wildman–Crippen MR) is 74.4 cm³/mol. The summed E-state index contributed by atoms with van der Waals surface area (Å²) in [5.74, 6) is 0.100. The van der Waals surface area contributed by atoms with Crippen LogP contribution in [-0.2, 0) is 11.2 Å². The second kappa shape index (κ2) is 8.19. The van der Waals surface area contributed by atoms with Crippen molar-refractivity contribution in [1.29, 1.82) is 0 Å². The maximum atomic E-state index is 11.9. The first-order chi connectivity index (χ1) is 9.49. The molecule has 1 aromatic rings. The van der Waals surface area contributed by atoms with E-state index in [2.05, 4.69) is 15.3 Å². The Morgan fingerprint density at radius 3 is 2.80 bits per heavy atom. The second-order valence-corrected chi connectivity index (χ2v) is 5.04. The summed E-state index contributed by atoms with van der Waals surface area (Å²) in [6.07, 6.45) is 4.94. The summed E-state index contributed by atoms with van der Waals surface area (Å²) in [6.45, 7) is 4.53. The highest BCUT2D eigenvalue weighted by Crippen LogP contribution is 2.00. The van der Waals surface area contributed by atoms with E-state index in [0.717, 1.165) is 18.7 Å². The molecule has 0 aromatic carbocycles. The van der Waals surface area contributed by atoms with E-state index in [-0.39, 0.29) is 18.5 Å². The fraction of sp³-hybridized carbons (Fsp3) is 0.615. The maximum absolute atomic E-state index is 11.9. The SMILES string of the molecule is CC(C)CN(CC(=O)O)C(=O)NCCCc1ncc[nH]1. The number of urea groups is 1. The Morgan fingerprint density at radius 2 is 2.25 bits per heavy atom. The fourth-order valence-electron chi connectivity index (χ4n) is 1.82. The normalized spacial score (nSPS) is 10.6. The lowest BCUT2D eigenvalue weighted by Crippen LogP contribution is -2.44. The Hall–Kier alpha value is -2.05. The second-order valence-electron chi connectivity index (χ2n) is 5.04. The van der Waals surface area contributed by atoms with Crippen LogP contribution in [0, 0.1) is 5.92 Å². The maximum Gasteiger partial charge on any atom is 0.323 e. The average Bonchev–Trinajstić information content (AvgIpc) is 2.85. The van der Waals surface area contributed by atoms with Gasteiger partial charge >= 0.3 is 12.0 Å². The molecule has 0 unspecified atom stereocenters. The molecule has 0 aliphatic heterocycles. The van der Waals surface area contributed by atoms with E-state index in [1.165, 1.54) is 4.90 Å². The van der Waals surface area contributed by atoms with Crippen molar-refractivity contribution in [3.63, 3.8) is 0 Å². The molecule has 3 N–H and O–H groups in total. The molecule has 0 spiro atoms. The van der Waals surface area contributed by atoms with Crippen molar-refractivity contribution in [1.82, 2.24) is 20.2 Å². The minimum absolute atomic E-state index is 0.225. The number of aromatic amines is 1. The summed E-state index contributed by atoms with van der Waals surface area (Å²) in [4.78, 5) is 31.0. The molecule has 0 saturated carbocycles. The number of amides is 2. The summed E-state index contributed by atoms with van der Waals surface area (Å²) in [6, 6.07) is -0.333. The van der Waals surface area contributed by atoms with Crippen LogP contribution in [-0.4, -0.2) is 51.6 Å². The topological polar surface area (TPSA) is 98.3 Å². The molecule has 0 aliphatic rings. The monoisotopic (exact) mass is 282 g/mol. The van der Waals surface area contributed by atoms with E-state index in [1.54, 1.807) is 12.4 Å². The largest absolute Gasteiger partial charge is 0.480 e. The van der Waals surface area contributed by atoms with Gasteiger partial charge in [-0.3, -0.25) is 4.79 Å². The number of imidazole rings is 1. The highest BCUT2D eigenvalue weighted by Gasteiger charge is 2.17. The zero-order chi connectivity index (χ0) is 15.0. The van der Waals surface area contributed by atoms with Crippen LogP contribution in [0.4, 0.5) is 4.79 Å². The molecule has 2 amide bonds. The van der Waals surface area contributed by atoms with Crippen molar-refractivity contribution in [3.05, 3.63) is 18.2 Å². The molecule has 1 heterocycles. The van der Waals surface area contributed by atoms with Gasteiger partial charge in [-0.2, -0.15) is 0 Å². The van der Waals surface area contributed by atoms with Gasteiger partial charge in [-0.1, -0.05) is 13.8 Å².